The summed E-state index contributed by atoms with van der Waals surface area (Å²) in [6.07, 6.45) is 2.97. The van der Waals surface area contributed by atoms with Crippen LogP contribution in [0.3, 0.4) is 0 Å². The zero-order chi connectivity index (χ0) is 15.3. The summed E-state index contributed by atoms with van der Waals surface area (Å²) in [7, 11) is 0. The van der Waals surface area contributed by atoms with Gasteiger partial charge in [-0.15, -0.1) is 0 Å². The number of alkyl halides is 3. The van der Waals surface area contributed by atoms with Gasteiger partial charge >= 0.3 is 6.18 Å². The lowest BCUT2D eigenvalue weighted by molar-refractivity contribution is -0.175. The van der Waals surface area contributed by atoms with Gasteiger partial charge in [0.05, 0.1) is 6.61 Å². The monoisotopic (exact) mass is 308 g/mol. The Balaban J connectivity index is 1.82. The minimum Gasteiger partial charge on any atom is -0.371 e. The SMILES string of the molecule is CCC1CNC2(CCCCC2)CN1CCOCC(F)(F)F. The van der Waals surface area contributed by atoms with E-state index in [1.165, 1.54) is 32.1 Å². The lowest BCUT2D eigenvalue weighted by Gasteiger charge is -2.49. The van der Waals surface area contributed by atoms with Crippen molar-refractivity contribution in [2.75, 3.05) is 32.8 Å². The Bertz CT molecular complexity index is 317. The molecule has 1 saturated heterocycles. The normalized spacial score (nSPS) is 27.1. The molecule has 0 aromatic rings. The lowest BCUT2D eigenvalue weighted by atomic mass is 9.79. The van der Waals surface area contributed by atoms with Crippen LogP contribution in [0.25, 0.3) is 0 Å². The maximum Gasteiger partial charge on any atom is 0.411 e. The van der Waals surface area contributed by atoms with Gasteiger partial charge in [0.1, 0.15) is 6.61 Å². The second kappa shape index (κ2) is 7.29. The van der Waals surface area contributed by atoms with Crippen molar-refractivity contribution in [3.8, 4) is 0 Å². The van der Waals surface area contributed by atoms with Crippen molar-refractivity contribution in [3.63, 3.8) is 0 Å². The molecule has 0 aromatic heterocycles. The minimum atomic E-state index is -4.22. The summed E-state index contributed by atoms with van der Waals surface area (Å²) in [6, 6.07) is 0.409. The van der Waals surface area contributed by atoms with Gasteiger partial charge in [-0.3, -0.25) is 4.90 Å². The molecule has 2 fully saturated rings. The van der Waals surface area contributed by atoms with Crippen LogP contribution < -0.4 is 5.32 Å². The van der Waals surface area contributed by atoms with E-state index in [1.54, 1.807) is 0 Å². The van der Waals surface area contributed by atoms with E-state index < -0.39 is 12.8 Å². The van der Waals surface area contributed by atoms with Crippen LogP contribution in [0.5, 0.6) is 0 Å². The Morgan fingerprint density at radius 3 is 2.57 bits per heavy atom. The highest BCUT2D eigenvalue weighted by Crippen LogP contribution is 2.32. The Labute approximate surface area is 125 Å². The Morgan fingerprint density at radius 1 is 1.24 bits per heavy atom. The molecule has 1 aliphatic carbocycles. The van der Waals surface area contributed by atoms with Crippen LogP contribution in [0.2, 0.25) is 0 Å². The predicted molar refractivity (Wildman–Crippen MR) is 76.3 cm³/mol. The molecule has 2 rings (SSSR count). The summed E-state index contributed by atoms with van der Waals surface area (Å²) in [5, 5.41) is 3.72. The van der Waals surface area contributed by atoms with Crippen LogP contribution >= 0.6 is 0 Å². The molecule has 1 unspecified atom stereocenters. The molecular weight excluding hydrogens is 281 g/mol. The molecule has 3 nitrogen and oxygen atoms in total. The molecule has 124 valence electrons. The number of halogens is 3. The average Bonchev–Trinajstić information content (AvgIpc) is 2.44. The average molecular weight is 308 g/mol. The fourth-order valence-electron chi connectivity index (χ4n) is 3.63. The summed E-state index contributed by atoms with van der Waals surface area (Å²) >= 11 is 0. The van der Waals surface area contributed by atoms with Crippen LogP contribution in [0.4, 0.5) is 13.2 Å². The fourth-order valence-corrected chi connectivity index (χ4v) is 3.63. The Morgan fingerprint density at radius 2 is 1.95 bits per heavy atom. The lowest BCUT2D eigenvalue weighted by Crippen LogP contribution is -2.65. The fraction of sp³-hybridized carbons (Fsp3) is 1.00. The maximum atomic E-state index is 12.1. The Kier molecular flexibility index (Phi) is 5.91. The van der Waals surface area contributed by atoms with Gasteiger partial charge in [-0.05, 0) is 19.3 Å². The van der Waals surface area contributed by atoms with Crippen LogP contribution in [-0.4, -0.2) is 55.5 Å². The van der Waals surface area contributed by atoms with Crippen molar-refractivity contribution in [3.05, 3.63) is 0 Å². The van der Waals surface area contributed by atoms with E-state index in [4.69, 9.17) is 4.74 Å². The molecule has 1 heterocycles. The van der Waals surface area contributed by atoms with E-state index in [2.05, 4.69) is 17.1 Å². The van der Waals surface area contributed by atoms with Gasteiger partial charge in [-0.25, -0.2) is 0 Å². The van der Waals surface area contributed by atoms with Crippen LogP contribution in [0, 0.1) is 0 Å². The van der Waals surface area contributed by atoms with Gasteiger partial charge in [-0.1, -0.05) is 26.2 Å². The van der Waals surface area contributed by atoms with Crippen molar-refractivity contribution >= 4 is 0 Å². The molecule has 1 N–H and O–H groups in total. The van der Waals surface area contributed by atoms with Crippen molar-refractivity contribution in [2.45, 2.75) is 63.2 Å². The summed E-state index contributed by atoms with van der Waals surface area (Å²) in [5.74, 6) is 0. The number of nitrogens with one attached hydrogen (secondary N) is 1. The molecule has 21 heavy (non-hydrogen) atoms. The van der Waals surface area contributed by atoms with E-state index in [0.717, 1.165) is 19.5 Å². The quantitative estimate of drug-likeness (QED) is 0.790. The molecule has 1 spiro atoms. The summed E-state index contributed by atoms with van der Waals surface area (Å²) < 4.78 is 41.1. The Hall–Kier alpha value is -0.330. The van der Waals surface area contributed by atoms with E-state index >= 15 is 0 Å². The van der Waals surface area contributed by atoms with Crippen molar-refractivity contribution < 1.29 is 17.9 Å². The molecule has 1 saturated carbocycles. The molecule has 0 amide bonds. The van der Waals surface area contributed by atoms with Crippen molar-refractivity contribution in [1.29, 1.82) is 0 Å². The second-order valence-corrected chi connectivity index (χ2v) is 6.42. The molecule has 2 aliphatic rings. The molecule has 0 aromatic carbocycles. The third-order valence-corrected chi connectivity index (χ3v) is 4.81. The molecule has 1 atom stereocenters. The number of nitrogens with zero attached hydrogens (tertiary/aromatic N) is 1. The highest BCUT2D eigenvalue weighted by Gasteiger charge is 2.39. The van der Waals surface area contributed by atoms with E-state index in [0.29, 0.717) is 12.6 Å². The first-order valence-corrected chi connectivity index (χ1v) is 8.08. The molecule has 1 aliphatic heterocycles. The number of ether oxygens (including phenoxy) is 1. The smallest absolute Gasteiger partial charge is 0.371 e. The molecular formula is C15H27F3N2O. The highest BCUT2D eigenvalue weighted by atomic mass is 19.4. The van der Waals surface area contributed by atoms with E-state index in [1.807, 2.05) is 0 Å². The van der Waals surface area contributed by atoms with Gasteiger partial charge in [0.25, 0.3) is 0 Å². The molecule has 0 bridgehead atoms. The predicted octanol–water partition coefficient (Wildman–Crippen LogP) is 2.95. The van der Waals surface area contributed by atoms with E-state index in [-0.39, 0.29) is 12.1 Å². The first-order valence-electron chi connectivity index (χ1n) is 8.08. The van der Waals surface area contributed by atoms with Gasteiger partial charge in [0.2, 0.25) is 0 Å². The molecule has 6 heteroatoms. The van der Waals surface area contributed by atoms with Crippen molar-refractivity contribution in [1.82, 2.24) is 10.2 Å². The first kappa shape index (κ1) is 17.0. The summed E-state index contributed by atoms with van der Waals surface area (Å²) in [5.41, 5.74) is 0.188. The van der Waals surface area contributed by atoms with Crippen LogP contribution in [0.15, 0.2) is 0 Å². The van der Waals surface area contributed by atoms with Crippen LogP contribution in [-0.2, 0) is 4.74 Å². The van der Waals surface area contributed by atoms with Crippen LogP contribution in [0.1, 0.15) is 45.4 Å². The number of hydrogen-bond donors (Lipinski definition) is 1. The van der Waals surface area contributed by atoms with Crippen molar-refractivity contribution in [2.24, 2.45) is 0 Å². The number of piperazine rings is 1. The highest BCUT2D eigenvalue weighted by molar-refractivity contribution is 4.99. The third kappa shape index (κ3) is 5.11. The summed E-state index contributed by atoms with van der Waals surface area (Å²) in [4.78, 5) is 2.33. The largest absolute Gasteiger partial charge is 0.411 e. The van der Waals surface area contributed by atoms with E-state index in [9.17, 15) is 13.2 Å². The first-order chi connectivity index (χ1) is 9.94. The summed E-state index contributed by atoms with van der Waals surface area (Å²) in [6.45, 7) is 3.64. The number of rotatable bonds is 5. The van der Waals surface area contributed by atoms with Gasteiger partial charge in [0.15, 0.2) is 0 Å². The van der Waals surface area contributed by atoms with Gasteiger partial charge in [-0.2, -0.15) is 13.2 Å². The zero-order valence-electron chi connectivity index (χ0n) is 12.8. The van der Waals surface area contributed by atoms with Gasteiger partial charge < -0.3 is 10.1 Å². The maximum absolute atomic E-state index is 12.1. The standard InChI is InChI=1S/C15H27F3N2O/c1-2-13-10-19-14(6-4-3-5-7-14)11-20(13)8-9-21-12-15(16,17)18/h13,19H,2-12H2,1H3. The van der Waals surface area contributed by atoms with Gasteiger partial charge in [0, 0.05) is 31.2 Å². The topological polar surface area (TPSA) is 24.5 Å². The molecule has 0 radical (unpaired) electrons. The minimum absolute atomic E-state index is 0.159. The second-order valence-electron chi connectivity index (χ2n) is 6.42. The zero-order valence-corrected chi connectivity index (χ0v) is 12.8. The number of hydrogen-bond acceptors (Lipinski definition) is 3. The third-order valence-electron chi connectivity index (χ3n) is 4.81.